The largest absolute Gasteiger partial charge is 0.449 e. The van der Waals surface area contributed by atoms with Crippen molar-refractivity contribution >= 4 is 12.5 Å². The molecule has 0 bridgehead atoms. The fourth-order valence-electron chi connectivity index (χ4n) is 0.771. The molecule has 0 saturated heterocycles. The van der Waals surface area contributed by atoms with Gasteiger partial charge in [-0.1, -0.05) is 26.2 Å². The van der Waals surface area contributed by atoms with Crippen LogP contribution in [0.15, 0.2) is 0 Å². The van der Waals surface area contributed by atoms with Gasteiger partial charge in [0.05, 0.1) is 6.61 Å². The third-order valence-corrected chi connectivity index (χ3v) is 1.38. The van der Waals surface area contributed by atoms with Crippen molar-refractivity contribution in [3.05, 3.63) is 0 Å². The molecule has 0 heterocycles. The second-order valence-corrected chi connectivity index (χ2v) is 2.42. The Morgan fingerprint density at radius 1 is 1.42 bits per heavy atom. The van der Waals surface area contributed by atoms with Crippen molar-refractivity contribution < 1.29 is 14.3 Å². The minimum atomic E-state index is -0.721. The van der Waals surface area contributed by atoms with Crippen LogP contribution in [0.25, 0.3) is 0 Å². The number of nitrogens with one attached hydrogen (secondary N) is 1. The van der Waals surface area contributed by atoms with Crippen molar-refractivity contribution in [2.24, 2.45) is 0 Å². The molecule has 0 aromatic carbocycles. The molecule has 0 saturated carbocycles. The van der Waals surface area contributed by atoms with Crippen molar-refractivity contribution in [3.8, 4) is 0 Å². The van der Waals surface area contributed by atoms with E-state index in [-0.39, 0.29) is 0 Å². The van der Waals surface area contributed by atoms with Crippen LogP contribution >= 0.6 is 0 Å². The zero-order valence-corrected chi connectivity index (χ0v) is 7.26. The minimum absolute atomic E-state index is 0.369. The summed E-state index contributed by atoms with van der Waals surface area (Å²) < 4.78 is 4.62. The van der Waals surface area contributed by atoms with E-state index in [1.54, 1.807) is 5.32 Å². The molecule has 1 N–H and O–H groups in total. The zero-order valence-electron chi connectivity index (χ0n) is 7.26. The predicted octanol–water partition coefficient (Wildman–Crippen LogP) is 1.36. The number of alkyl carbamates (subject to hydrolysis) is 1. The van der Waals surface area contributed by atoms with E-state index in [2.05, 4.69) is 11.7 Å². The SMILES string of the molecule is CCCCCCOC(=O)N[C]=O. The molecule has 4 heteroatoms. The summed E-state index contributed by atoms with van der Waals surface area (Å²) in [6, 6.07) is 0. The van der Waals surface area contributed by atoms with Gasteiger partial charge in [-0.2, -0.15) is 0 Å². The summed E-state index contributed by atoms with van der Waals surface area (Å²) in [4.78, 5) is 20.1. The summed E-state index contributed by atoms with van der Waals surface area (Å²) in [6.45, 7) is 2.47. The normalized spacial score (nSPS) is 9.08. The van der Waals surface area contributed by atoms with Crippen LogP contribution in [0.1, 0.15) is 32.6 Å². The van der Waals surface area contributed by atoms with E-state index in [4.69, 9.17) is 0 Å². The lowest BCUT2D eigenvalue weighted by Gasteiger charge is -2.01. The zero-order chi connectivity index (χ0) is 9.23. The third kappa shape index (κ3) is 7.05. The topological polar surface area (TPSA) is 55.4 Å². The fourth-order valence-corrected chi connectivity index (χ4v) is 0.771. The summed E-state index contributed by atoms with van der Waals surface area (Å²) in [6.07, 6.45) is 4.71. The van der Waals surface area contributed by atoms with Crippen molar-refractivity contribution in [1.82, 2.24) is 5.32 Å². The fraction of sp³-hybridized carbons (Fsp3) is 0.750. The molecule has 0 aromatic heterocycles. The van der Waals surface area contributed by atoms with Crippen LogP contribution in [0, 0.1) is 0 Å². The van der Waals surface area contributed by atoms with E-state index in [9.17, 15) is 9.59 Å². The predicted molar refractivity (Wildman–Crippen MR) is 44.3 cm³/mol. The molecule has 1 radical (unpaired) electrons. The number of hydrogen-bond donors (Lipinski definition) is 1. The number of unbranched alkanes of at least 4 members (excludes halogenated alkanes) is 3. The average molecular weight is 172 g/mol. The van der Waals surface area contributed by atoms with E-state index < -0.39 is 6.09 Å². The number of rotatable bonds is 6. The molecule has 0 aliphatic carbocycles. The van der Waals surface area contributed by atoms with Gasteiger partial charge in [-0.15, -0.1) is 0 Å². The second kappa shape index (κ2) is 8.04. The minimum Gasteiger partial charge on any atom is -0.449 e. The van der Waals surface area contributed by atoms with Crippen molar-refractivity contribution in [2.75, 3.05) is 6.61 Å². The maximum atomic E-state index is 10.5. The van der Waals surface area contributed by atoms with Gasteiger partial charge in [0.1, 0.15) is 0 Å². The second-order valence-electron chi connectivity index (χ2n) is 2.42. The molecule has 12 heavy (non-hydrogen) atoms. The summed E-state index contributed by atoms with van der Waals surface area (Å²) in [5, 5.41) is 1.77. The van der Waals surface area contributed by atoms with Crippen LogP contribution in [0.2, 0.25) is 0 Å². The molecule has 0 rings (SSSR count). The Kier molecular flexibility index (Phi) is 7.33. The Labute approximate surface area is 72.3 Å². The van der Waals surface area contributed by atoms with Gasteiger partial charge in [-0.05, 0) is 6.42 Å². The van der Waals surface area contributed by atoms with Gasteiger partial charge in [0.2, 0.25) is 0 Å². The van der Waals surface area contributed by atoms with Gasteiger partial charge in [0.25, 0.3) is 0 Å². The number of imide groups is 1. The van der Waals surface area contributed by atoms with E-state index in [0.717, 1.165) is 25.7 Å². The Balaban J connectivity index is 3.08. The molecule has 2 amide bonds. The molecule has 0 atom stereocenters. The van der Waals surface area contributed by atoms with Gasteiger partial charge in [0.15, 0.2) is 0 Å². The molecule has 0 aliphatic rings. The van der Waals surface area contributed by atoms with Gasteiger partial charge in [0, 0.05) is 0 Å². The average Bonchev–Trinajstić information content (AvgIpc) is 2.05. The van der Waals surface area contributed by atoms with Crippen molar-refractivity contribution in [2.45, 2.75) is 32.6 Å². The smallest absolute Gasteiger partial charge is 0.414 e. The van der Waals surface area contributed by atoms with E-state index in [1.165, 1.54) is 6.41 Å². The van der Waals surface area contributed by atoms with Crippen LogP contribution in [0.4, 0.5) is 4.79 Å². The van der Waals surface area contributed by atoms with Crippen LogP contribution in [0.5, 0.6) is 0 Å². The maximum Gasteiger partial charge on any atom is 0.414 e. The highest BCUT2D eigenvalue weighted by molar-refractivity contribution is 5.79. The number of ether oxygens (including phenoxy) is 1. The lowest BCUT2D eigenvalue weighted by atomic mass is 10.2. The molecule has 0 aromatic rings. The molecule has 69 valence electrons. The van der Waals surface area contributed by atoms with Gasteiger partial charge < -0.3 is 4.74 Å². The summed E-state index contributed by atoms with van der Waals surface area (Å²) >= 11 is 0. The standard InChI is InChI=1S/C8H14NO3/c1-2-3-4-5-6-12-8(11)9-7-10/h2-6H2,1H3,(H,9,10,11). The van der Waals surface area contributed by atoms with Crippen molar-refractivity contribution in [1.29, 1.82) is 0 Å². The molecule has 0 unspecified atom stereocenters. The van der Waals surface area contributed by atoms with E-state index in [0.29, 0.717) is 6.61 Å². The first kappa shape index (κ1) is 10.9. The summed E-state index contributed by atoms with van der Waals surface area (Å²) in [5.41, 5.74) is 0. The Morgan fingerprint density at radius 3 is 2.75 bits per heavy atom. The van der Waals surface area contributed by atoms with Gasteiger partial charge in [-0.25, -0.2) is 4.79 Å². The Hall–Kier alpha value is -1.06. The van der Waals surface area contributed by atoms with Gasteiger partial charge >= 0.3 is 12.5 Å². The summed E-state index contributed by atoms with van der Waals surface area (Å²) in [7, 11) is 0. The third-order valence-electron chi connectivity index (χ3n) is 1.38. The number of carbonyl (C=O) groups is 1. The first-order valence-electron chi connectivity index (χ1n) is 4.11. The van der Waals surface area contributed by atoms with E-state index >= 15 is 0 Å². The maximum absolute atomic E-state index is 10.5. The number of amides is 2. The first-order chi connectivity index (χ1) is 5.81. The molecular weight excluding hydrogens is 158 g/mol. The Morgan fingerprint density at radius 2 is 2.17 bits per heavy atom. The molecular formula is C8H14NO3. The number of carbonyl (C=O) groups excluding carboxylic acids is 2. The highest BCUT2D eigenvalue weighted by Crippen LogP contribution is 1.98. The first-order valence-corrected chi connectivity index (χ1v) is 4.11. The lowest BCUT2D eigenvalue weighted by Crippen LogP contribution is -2.22. The molecule has 4 nitrogen and oxygen atoms in total. The molecule has 0 fully saturated rings. The lowest BCUT2D eigenvalue weighted by molar-refractivity contribution is 0.149. The van der Waals surface area contributed by atoms with E-state index in [1.807, 2.05) is 0 Å². The Bertz CT molecular complexity index is 136. The number of hydrogen-bond acceptors (Lipinski definition) is 3. The van der Waals surface area contributed by atoms with Crippen LogP contribution in [0.3, 0.4) is 0 Å². The van der Waals surface area contributed by atoms with Crippen LogP contribution in [-0.2, 0) is 9.53 Å². The molecule has 0 spiro atoms. The quantitative estimate of drug-likeness (QED) is 0.486. The van der Waals surface area contributed by atoms with Crippen LogP contribution in [-0.4, -0.2) is 19.1 Å². The summed E-state index contributed by atoms with van der Waals surface area (Å²) in [5.74, 6) is 0. The molecule has 0 aliphatic heterocycles. The highest BCUT2D eigenvalue weighted by Gasteiger charge is 1.98. The van der Waals surface area contributed by atoms with Gasteiger partial charge in [-0.3, -0.25) is 10.1 Å². The highest BCUT2D eigenvalue weighted by atomic mass is 16.5. The van der Waals surface area contributed by atoms with Crippen molar-refractivity contribution in [3.63, 3.8) is 0 Å². The monoisotopic (exact) mass is 172 g/mol. The van der Waals surface area contributed by atoms with Crippen LogP contribution < -0.4 is 5.32 Å².